The van der Waals surface area contributed by atoms with Crippen molar-refractivity contribution in [1.82, 2.24) is 0 Å². The molecule has 282 valence electrons. The Labute approximate surface area is 347 Å². The number of anilines is 6. The molecule has 4 bridgehead atoms. The van der Waals surface area contributed by atoms with Gasteiger partial charge in [-0.2, -0.15) is 0 Å². The topological polar surface area (TPSA) is 6.48 Å². The zero-order valence-electron chi connectivity index (χ0n) is 33.4. The predicted molar refractivity (Wildman–Crippen MR) is 244 cm³/mol. The molecule has 3 heteroatoms. The van der Waals surface area contributed by atoms with E-state index in [-0.39, 0.29) is 17.5 Å². The van der Waals surface area contributed by atoms with Gasteiger partial charge in [-0.1, -0.05) is 122 Å². The van der Waals surface area contributed by atoms with Gasteiger partial charge in [-0.3, -0.25) is 0 Å². The average molecular weight is 757 g/mol. The fourth-order valence-electron chi connectivity index (χ4n) is 15.5. The highest BCUT2D eigenvalue weighted by atomic mass is 15.2. The second kappa shape index (κ2) is 11.1. The first-order valence-corrected chi connectivity index (χ1v) is 22.6. The summed E-state index contributed by atoms with van der Waals surface area (Å²) in [5, 5.41) is 0. The van der Waals surface area contributed by atoms with Crippen molar-refractivity contribution in [3.63, 3.8) is 0 Å². The average Bonchev–Trinajstić information content (AvgIpc) is 4.17. The van der Waals surface area contributed by atoms with E-state index in [0.717, 1.165) is 17.8 Å². The number of nitrogens with zero attached hydrogens (tertiary/aromatic N) is 2. The van der Waals surface area contributed by atoms with Crippen molar-refractivity contribution < 1.29 is 0 Å². The van der Waals surface area contributed by atoms with Crippen LogP contribution < -0.4 is 26.2 Å². The third-order valence-electron chi connectivity index (χ3n) is 17.4. The van der Waals surface area contributed by atoms with Gasteiger partial charge >= 0.3 is 0 Å². The zero-order valence-corrected chi connectivity index (χ0v) is 33.4. The highest BCUT2D eigenvalue weighted by molar-refractivity contribution is 7.01. The molecule has 59 heavy (non-hydrogen) atoms. The van der Waals surface area contributed by atoms with Crippen LogP contribution in [0.2, 0.25) is 0 Å². The summed E-state index contributed by atoms with van der Waals surface area (Å²) in [4.78, 5) is 5.40. The molecule has 7 aromatic carbocycles. The minimum atomic E-state index is 0.0445. The molecule has 4 fully saturated rings. The number of para-hydroxylation sites is 3. The molecular formula is C56H45BN2. The fraction of sp³-hybridized carbons (Fsp3) is 0.250. The van der Waals surface area contributed by atoms with Crippen molar-refractivity contribution in [2.75, 3.05) is 9.80 Å². The molecule has 0 saturated heterocycles. The molecule has 6 aliphatic carbocycles. The van der Waals surface area contributed by atoms with Gasteiger partial charge in [0.15, 0.2) is 0 Å². The van der Waals surface area contributed by atoms with Crippen molar-refractivity contribution in [2.45, 2.75) is 62.2 Å². The van der Waals surface area contributed by atoms with Crippen molar-refractivity contribution in [3.05, 3.63) is 174 Å². The third-order valence-corrected chi connectivity index (χ3v) is 17.4. The molecule has 2 aliphatic heterocycles. The van der Waals surface area contributed by atoms with Gasteiger partial charge in [-0.15, -0.1) is 0 Å². The van der Waals surface area contributed by atoms with Crippen LogP contribution in [0, 0.1) is 23.7 Å². The second-order valence-electron chi connectivity index (χ2n) is 19.5. The fourth-order valence-corrected chi connectivity index (χ4v) is 15.5. The monoisotopic (exact) mass is 756 g/mol. The lowest BCUT2D eigenvalue weighted by Gasteiger charge is -2.47. The summed E-state index contributed by atoms with van der Waals surface area (Å²) in [7, 11) is 0. The van der Waals surface area contributed by atoms with Gasteiger partial charge in [-0.05, 0) is 160 Å². The van der Waals surface area contributed by atoms with Crippen LogP contribution >= 0.6 is 0 Å². The van der Waals surface area contributed by atoms with Crippen LogP contribution in [-0.4, -0.2) is 6.71 Å². The van der Waals surface area contributed by atoms with Crippen molar-refractivity contribution in [3.8, 4) is 22.3 Å². The number of benzene rings is 7. The molecule has 0 radical (unpaired) electrons. The standard InChI is InChI=1S/C56H45BN2/c1-3-13-38(14-4-1)58-47-22-12-11-21-46(47)57-52-48(28-27-44-50(52)40-17-7-9-19-42(40)55(44)32-34-23-25-36(55)29-34)59(39-15-5-2-6-16-39)54-51-41-18-8-10-20-43(41)56(33-35-24-26-37(56)30-35)45(51)31-49(58)53(54)57/h1-22,27-28,31,34-37H,23-26,29-30,32-33H2/t34-,35+,36+,37-,55-,56+/m0/s1. The first-order valence-electron chi connectivity index (χ1n) is 22.6. The summed E-state index contributed by atoms with van der Waals surface area (Å²) in [6.07, 6.45) is 10.8. The molecule has 7 aromatic rings. The minimum absolute atomic E-state index is 0.0445. The van der Waals surface area contributed by atoms with Crippen LogP contribution in [0.15, 0.2) is 152 Å². The van der Waals surface area contributed by atoms with E-state index in [1.54, 1.807) is 22.3 Å². The van der Waals surface area contributed by atoms with E-state index in [0.29, 0.717) is 5.92 Å². The molecule has 2 nitrogen and oxygen atoms in total. The van der Waals surface area contributed by atoms with Crippen LogP contribution in [0.25, 0.3) is 22.3 Å². The number of hydrogen-bond donors (Lipinski definition) is 0. The SMILES string of the molecule is c1ccc(N2c3ccccc3B3c4c(ccc5c4-c4ccccc4[C@@]54C[C@H]5CC[C@@H]4C5)N(c4ccccc4)c4c3c2cc2c4-c3ccccc3[C@]23C[C@@H]2CC[C@H]3C2)cc1. The largest absolute Gasteiger partial charge is 0.311 e. The molecule has 8 aliphatic rings. The van der Waals surface area contributed by atoms with E-state index in [4.69, 9.17) is 0 Å². The molecule has 0 aromatic heterocycles. The van der Waals surface area contributed by atoms with Gasteiger partial charge in [-0.25, -0.2) is 0 Å². The first kappa shape index (κ1) is 32.1. The molecule has 0 amide bonds. The van der Waals surface area contributed by atoms with E-state index in [1.165, 1.54) is 124 Å². The van der Waals surface area contributed by atoms with E-state index >= 15 is 0 Å². The lowest BCUT2D eigenvalue weighted by Crippen LogP contribution is -2.62. The Morgan fingerprint density at radius 3 is 1.66 bits per heavy atom. The van der Waals surface area contributed by atoms with Crippen LogP contribution in [0.3, 0.4) is 0 Å². The van der Waals surface area contributed by atoms with Gasteiger partial charge in [0.25, 0.3) is 6.71 Å². The number of fused-ring (bicyclic) bond motifs is 22. The normalized spacial score (nSPS) is 27.5. The van der Waals surface area contributed by atoms with E-state index < -0.39 is 0 Å². The van der Waals surface area contributed by atoms with E-state index in [1.807, 2.05) is 0 Å². The molecule has 15 rings (SSSR count). The Kier molecular flexibility index (Phi) is 6.02. The van der Waals surface area contributed by atoms with Gasteiger partial charge in [0.1, 0.15) is 0 Å². The van der Waals surface area contributed by atoms with Crippen molar-refractivity contribution >= 4 is 57.2 Å². The highest BCUT2D eigenvalue weighted by Gasteiger charge is 2.61. The maximum atomic E-state index is 2.75. The summed E-state index contributed by atoms with van der Waals surface area (Å²) < 4.78 is 0. The lowest BCUT2D eigenvalue weighted by molar-refractivity contribution is 0.327. The van der Waals surface area contributed by atoms with Gasteiger partial charge in [0.2, 0.25) is 0 Å². The Balaban J connectivity index is 1.13. The summed E-state index contributed by atoms with van der Waals surface area (Å²) in [6.45, 7) is 0.0805. The molecule has 0 unspecified atom stereocenters. The minimum Gasteiger partial charge on any atom is -0.311 e. The second-order valence-corrected chi connectivity index (χ2v) is 19.5. The molecule has 2 spiro atoms. The maximum absolute atomic E-state index is 2.75. The molecule has 4 saturated carbocycles. The Hall–Kier alpha value is -5.80. The Morgan fingerprint density at radius 2 is 1.02 bits per heavy atom. The highest BCUT2D eigenvalue weighted by Crippen LogP contribution is 2.69. The van der Waals surface area contributed by atoms with Gasteiger partial charge < -0.3 is 9.80 Å². The van der Waals surface area contributed by atoms with Crippen LogP contribution in [-0.2, 0) is 10.8 Å². The smallest absolute Gasteiger partial charge is 0.252 e. The van der Waals surface area contributed by atoms with Crippen molar-refractivity contribution in [1.29, 1.82) is 0 Å². The molecule has 0 N–H and O–H groups in total. The summed E-state index contributed by atoms with van der Waals surface area (Å²) in [5.41, 5.74) is 24.8. The quantitative estimate of drug-likeness (QED) is 0.162. The van der Waals surface area contributed by atoms with E-state index in [2.05, 4.69) is 161 Å². The maximum Gasteiger partial charge on any atom is 0.252 e. The van der Waals surface area contributed by atoms with Crippen molar-refractivity contribution in [2.24, 2.45) is 23.7 Å². The number of hydrogen-bond acceptors (Lipinski definition) is 2. The van der Waals surface area contributed by atoms with Crippen LogP contribution in [0.1, 0.15) is 73.6 Å². The molecular weight excluding hydrogens is 711 g/mol. The lowest BCUT2D eigenvalue weighted by atomic mass is 9.32. The molecule has 6 atom stereocenters. The first-order chi connectivity index (χ1) is 29.2. The Bertz CT molecular complexity index is 2970. The van der Waals surface area contributed by atoms with Gasteiger partial charge in [0.05, 0.1) is 5.69 Å². The third kappa shape index (κ3) is 3.71. The zero-order chi connectivity index (χ0) is 38.2. The van der Waals surface area contributed by atoms with Crippen LogP contribution in [0.5, 0.6) is 0 Å². The summed E-state index contributed by atoms with van der Waals surface area (Å²) in [5.74, 6) is 3.03. The summed E-state index contributed by atoms with van der Waals surface area (Å²) in [6, 6.07) is 59.4. The van der Waals surface area contributed by atoms with Crippen LogP contribution in [0.4, 0.5) is 34.1 Å². The number of rotatable bonds is 2. The Morgan fingerprint density at radius 1 is 0.441 bits per heavy atom. The molecule has 2 heterocycles. The summed E-state index contributed by atoms with van der Waals surface area (Å²) >= 11 is 0. The van der Waals surface area contributed by atoms with Gasteiger partial charge in [0, 0.05) is 44.8 Å². The van der Waals surface area contributed by atoms with E-state index in [9.17, 15) is 0 Å². The predicted octanol–water partition coefficient (Wildman–Crippen LogP) is 11.9.